The highest BCUT2D eigenvalue weighted by Gasteiger charge is 2.55. The van der Waals surface area contributed by atoms with Gasteiger partial charge in [0.1, 0.15) is 5.66 Å². The number of piperidine rings is 1. The first-order chi connectivity index (χ1) is 7.73. The number of rotatable bonds is 1. The smallest absolute Gasteiger partial charge is 0.301 e. The molecule has 3 heteroatoms. The lowest BCUT2D eigenvalue weighted by molar-refractivity contribution is 0.0385. The predicted octanol–water partition coefficient (Wildman–Crippen LogP) is 2.83. The average Bonchev–Trinajstić information content (AvgIpc) is 2.30. The first-order valence-electron chi connectivity index (χ1n) is 5.90. The lowest BCUT2D eigenvalue weighted by atomic mass is 9.90. The molecule has 0 aliphatic carbocycles. The summed E-state index contributed by atoms with van der Waals surface area (Å²) in [5.74, 6) is 0. The fourth-order valence-corrected chi connectivity index (χ4v) is 2.89. The van der Waals surface area contributed by atoms with Crippen molar-refractivity contribution in [3.05, 3.63) is 30.3 Å². The molecule has 1 aromatic carbocycles. The molecule has 1 atom stereocenters. The minimum absolute atomic E-state index is 0.0727. The van der Waals surface area contributed by atoms with Gasteiger partial charge in [-0.3, -0.25) is 4.90 Å². The van der Waals surface area contributed by atoms with Crippen LogP contribution in [0.2, 0.25) is 0 Å². The van der Waals surface area contributed by atoms with Crippen LogP contribution in [0.3, 0.4) is 0 Å². The van der Waals surface area contributed by atoms with Crippen LogP contribution in [0.5, 0.6) is 0 Å². The maximum Gasteiger partial charge on any atom is 0.328 e. The second-order valence-corrected chi connectivity index (χ2v) is 4.78. The highest BCUT2D eigenvalue weighted by molar-refractivity contribution is 6.00. The summed E-state index contributed by atoms with van der Waals surface area (Å²) in [6.45, 7) is 3.08. The fourth-order valence-electron chi connectivity index (χ4n) is 2.89. The Hall–Kier alpha value is -1.51. The van der Waals surface area contributed by atoms with E-state index in [1.165, 1.54) is 6.42 Å². The number of benzene rings is 1. The monoisotopic (exact) mass is 216 g/mol. The van der Waals surface area contributed by atoms with Gasteiger partial charge in [0.05, 0.1) is 0 Å². The molecule has 2 aliphatic rings. The molecular weight excluding hydrogens is 200 g/mol. The number of nitrogens with zero attached hydrogens (tertiary/aromatic N) is 2. The third-order valence-electron chi connectivity index (χ3n) is 3.78. The maximum atomic E-state index is 12.1. The molecule has 16 heavy (non-hydrogen) atoms. The fraction of sp³-hybridized carbons (Fsp3) is 0.462. The van der Waals surface area contributed by atoms with E-state index in [1.54, 1.807) is 0 Å². The molecule has 3 nitrogen and oxygen atoms in total. The zero-order valence-electron chi connectivity index (χ0n) is 9.52. The maximum absolute atomic E-state index is 12.1. The van der Waals surface area contributed by atoms with Gasteiger partial charge < -0.3 is 4.90 Å². The second kappa shape index (κ2) is 3.24. The number of carbonyl (C=O) groups excluding carboxylic acids is 1. The van der Waals surface area contributed by atoms with Gasteiger partial charge >= 0.3 is 6.03 Å². The highest BCUT2D eigenvalue weighted by atomic mass is 16.2. The van der Waals surface area contributed by atoms with Crippen LogP contribution in [0.4, 0.5) is 10.5 Å². The summed E-state index contributed by atoms with van der Waals surface area (Å²) in [6.07, 6.45) is 3.43. The van der Waals surface area contributed by atoms with Crippen LogP contribution in [0, 0.1) is 0 Å². The van der Waals surface area contributed by atoms with Crippen LogP contribution in [0.1, 0.15) is 26.2 Å². The lowest BCUT2D eigenvalue weighted by Crippen LogP contribution is -2.77. The van der Waals surface area contributed by atoms with Gasteiger partial charge in [0, 0.05) is 12.2 Å². The van der Waals surface area contributed by atoms with Crippen molar-refractivity contribution in [2.75, 3.05) is 11.4 Å². The van der Waals surface area contributed by atoms with Crippen molar-refractivity contribution >= 4 is 11.7 Å². The number of fused-ring (bicyclic) bond motifs is 1. The van der Waals surface area contributed by atoms with E-state index in [0.29, 0.717) is 0 Å². The van der Waals surface area contributed by atoms with Crippen molar-refractivity contribution in [2.24, 2.45) is 0 Å². The number of amides is 2. The summed E-state index contributed by atoms with van der Waals surface area (Å²) >= 11 is 0. The van der Waals surface area contributed by atoms with Gasteiger partial charge in [-0.1, -0.05) is 18.2 Å². The molecule has 84 valence electrons. The van der Waals surface area contributed by atoms with E-state index in [9.17, 15) is 4.79 Å². The second-order valence-electron chi connectivity index (χ2n) is 4.78. The number of hydrogen-bond acceptors (Lipinski definition) is 1. The Balaban J connectivity index is 1.95. The molecule has 2 amide bonds. The van der Waals surface area contributed by atoms with Crippen molar-refractivity contribution in [3.8, 4) is 0 Å². The van der Waals surface area contributed by atoms with Crippen LogP contribution < -0.4 is 4.90 Å². The van der Waals surface area contributed by atoms with Gasteiger partial charge in [-0.2, -0.15) is 0 Å². The quantitative estimate of drug-likeness (QED) is 0.708. The predicted molar refractivity (Wildman–Crippen MR) is 63.3 cm³/mol. The molecule has 2 fully saturated rings. The Labute approximate surface area is 95.7 Å². The van der Waals surface area contributed by atoms with Gasteiger partial charge in [0.2, 0.25) is 0 Å². The van der Waals surface area contributed by atoms with Gasteiger partial charge in [-0.15, -0.1) is 0 Å². The summed E-state index contributed by atoms with van der Waals surface area (Å²) < 4.78 is 0. The van der Waals surface area contributed by atoms with E-state index < -0.39 is 0 Å². The van der Waals surface area contributed by atoms with E-state index in [2.05, 4.69) is 6.92 Å². The molecule has 0 saturated carbocycles. The van der Waals surface area contributed by atoms with Gasteiger partial charge in [0.15, 0.2) is 0 Å². The third kappa shape index (κ3) is 1.11. The zero-order valence-corrected chi connectivity index (χ0v) is 9.52. The molecule has 2 aliphatic heterocycles. The Morgan fingerprint density at radius 3 is 2.69 bits per heavy atom. The van der Waals surface area contributed by atoms with Crippen molar-refractivity contribution in [1.82, 2.24) is 4.90 Å². The van der Waals surface area contributed by atoms with E-state index in [-0.39, 0.29) is 11.7 Å². The Kier molecular flexibility index (Phi) is 1.96. The van der Waals surface area contributed by atoms with Crippen LogP contribution in [-0.2, 0) is 0 Å². The third-order valence-corrected chi connectivity index (χ3v) is 3.78. The largest absolute Gasteiger partial charge is 0.328 e. The van der Waals surface area contributed by atoms with Crippen LogP contribution in [0.25, 0.3) is 0 Å². The van der Waals surface area contributed by atoms with Crippen molar-refractivity contribution < 1.29 is 4.79 Å². The van der Waals surface area contributed by atoms with Crippen LogP contribution in [0.15, 0.2) is 30.3 Å². The lowest BCUT2D eigenvalue weighted by Gasteiger charge is -2.60. The van der Waals surface area contributed by atoms with Crippen molar-refractivity contribution in [3.63, 3.8) is 0 Å². The molecule has 0 bridgehead atoms. The Morgan fingerprint density at radius 1 is 1.19 bits per heavy atom. The zero-order chi connectivity index (χ0) is 11.2. The molecule has 0 spiro atoms. The normalized spacial score (nSPS) is 28.7. The number of anilines is 1. The number of urea groups is 1. The van der Waals surface area contributed by atoms with E-state index in [1.807, 2.05) is 40.1 Å². The van der Waals surface area contributed by atoms with Gasteiger partial charge in [-0.25, -0.2) is 4.79 Å². The summed E-state index contributed by atoms with van der Waals surface area (Å²) in [6, 6.07) is 10.1. The number of hydrogen-bond donors (Lipinski definition) is 0. The number of para-hydroxylation sites is 1. The molecule has 3 rings (SSSR count). The van der Waals surface area contributed by atoms with Crippen LogP contribution >= 0.6 is 0 Å². The standard InChI is InChI=1S/C13H16N2O/c1-13-9-5-6-10-14(13)12(16)15(13)11-7-3-2-4-8-11/h2-4,7-8H,5-6,9-10H2,1H3. The molecule has 0 radical (unpaired) electrons. The minimum Gasteiger partial charge on any atom is -0.301 e. The Bertz CT molecular complexity index is 417. The summed E-state index contributed by atoms with van der Waals surface area (Å²) in [7, 11) is 0. The first-order valence-corrected chi connectivity index (χ1v) is 5.90. The molecule has 0 aromatic heterocycles. The molecule has 2 saturated heterocycles. The topological polar surface area (TPSA) is 23.6 Å². The number of carbonyl (C=O) groups is 1. The molecule has 1 aromatic rings. The molecular formula is C13H16N2O. The molecule has 0 N–H and O–H groups in total. The first kappa shape index (κ1) is 9.70. The van der Waals surface area contributed by atoms with E-state index in [4.69, 9.17) is 0 Å². The Morgan fingerprint density at radius 2 is 1.94 bits per heavy atom. The van der Waals surface area contributed by atoms with Crippen molar-refractivity contribution in [1.29, 1.82) is 0 Å². The average molecular weight is 216 g/mol. The molecule has 1 unspecified atom stereocenters. The van der Waals surface area contributed by atoms with Gasteiger partial charge in [-0.05, 0) is 38.3 Å². The van der Waals surface area contributed by atoms with E-state index >= 15 is 0 Å². The summed E-state index contributed by atoms with van der Waals surface area (Å²) in [5, 5.41) is 0. The van der Waals surface area contributed by atoms with Crippen molar-refractivity contribution in [2.45, 2.75) is 31.8 Å². The van der Waals surface area contributed by atoms with E-state index in [0.717, 1.165) is 25.1 Å². The van der Waals surface area contributed by atoms with Gasteiger partial charge in [0.25, 0.3) is 0 Å². The SMILES string of the molecule is CC12CCCCN1C(=O)N2c1ccccc1. The molecule has 2 heterocycles. The summed E-state index contributed by atoms with van der Waals surface area (Å²) in [5.41, 5.74) is 0.949. The summed E-state index contributed by atoms with van der Waals surface area (Å²) in [4.78, 5) is 16.0. The highest BCUT2D eigenvalue weighted by Crippen LogP contribution is 2.43. The van der Waals surface area contributed by atoms with Crippen LogP contribution in [-0.4, -0.2) is 23.1 Å². The minimum atomic E-state index is -0.0727.